The lowest BCUT2D eigenvalue weighted by atomic mass is 9.95. The summed E-state index contributed by atoms with van der Waals surface area (Å²) in [5.74, 6) is 0.850. The largest absolute Gasteiger partial charge is 0.397 e. The Balaban J connectivity index is 1.52. The van der Waals surface area contributed by atoms with Crippen molar-refractivity contribution in [1.82, 2.24) is 20.0 Å². The van der Waals surface area contributed by atoms with Crippen LogP contribution in [0.4, 0.5) is 5.69 Å². The standard InChI is InChI=1S/C20H27N5O2S/c1-10-11(2)22-23-17-14(10)15(21)16(28-17)18(26)24-6-12-8-25(9-13(12)7-24)19(27)20(3,4)5/h12-13H,6-9,21H2,1-5H3. The molecule has 7 nitrogen and oxygen atoms in total. The van der Waals surface area contributed by atoms with Gasteiger partial charge in [-0.15, -0.1) is 16.4 Å². The Morgan fingerprint density at radius 3 is 2.18 bits per heavy atom. The number of hydrogen-bond donors (Lipinski definition) is 1. The molecule has 2 aromatic rings. The van der Waals surface area contributed by atoms with Crippen LogP contribution in [0.3, 0.4) is 0 Å². The average Bonchev–Trinajstić information content (AvgIpc) is 3.27. The summed E-state index contributed by atoms with van der Waals surface area (Å²) >= 11 is 1.32. The molecule has 2 aromatic heterocycles. The number of amides is 2. The van der Waals surface area contributed by atoms with Gasteiger partial charge in [-0.05, 0) is 19.4 Å². The van der Waals surface area contributed by atoms with E-state index in [-0.39, 0.29) is 17.2 Å². The maximum Gasteiger partial charge on any atom is 0.266 e. The van der Waals surface area contributed by atoms with E-state index in [4.69, 9.17) is 5.73 Å². The molecule has 8 heteroatoms. The topological polar surface area (TPSA) is 92.4 Å². The van der Waals surface area contributed by atoms with Gasteiger partial charge in [0.15, 0.2) is 0 Å². The molecule has 28 heavy (non-hydrogen) atoms. The van der Waals surface area contributed by atoms with Gasteiger partial charge in [0.05, 0.1) is 11.4 Å². The summed E-state index contributed by atoms with van der Waals surface area (Å²) in [5.41, 5.74) is 8.30. The molecule has 4 rings (SSSR count). The van der Waals surface area contributed by atoms with Crippen molar-refractivity contribution in [2.75, 3.05) is 31.9 Å². The zero-order valence-electron chi connectivity index (χ0n) is 17.1. The Morgan fingerprint density at radius 2 is 1.61 bits per heavy atom. The number of nitrogen functional groups attached to an aromatic ring is 1. The Bertz CT molecular complexity index is 963. The normalized spacial score (nSPS) is 22.2. The number of nitrogens with zero attached hydrogens (tertiary/aromatic N) is 4. The quantitative estimate of drug-likeness (QED) is 0.792. The lowest BCUT2D eigenvalue weighted by molar-refractivity contribution is -0.138. The molecule has 0 aliphatic carbocycles. The molecule has 0 saturated carbocycles. The number of anilines is 1. The summed E-state index contributed by atoms with van der Waals surface area (Å²) in [6, 6.07) is 0. The van der Waals surface area contributed by atoms with Crippen molar-refractivity contribution in [3.8, 4) is 0 Å². The van der Waals surface area contributed by atoms with Gasteiger partial charge in [0.2, 0.25) is 5.91 Å². The van der Waals surface area contributed by atoms with E-state index in [0.29, 0.717) is 40.3 Å². The molecule has 2 atom stereocenters. The smallest absolute Gasteiger partial charge is 0.266 e. The first kappa shape index (κ1) is 19.1. The molecule has 2 aliphatic rings. The van der Waals surface area contributed by atoms with Crippen molar-refractivity contribution < 1.29 is 9.59 Å². The molecule has 2 fully saturated rings. The number of nitrogens with two attached hydrogens (primary N) is 1. The van der Waals surface area contributed by atoms with E-state index in [0.717, 1.165) is 29.7 Å². The van der Waals surface area contributed by atoms with Crippen molar-refractivity contribution in [1.29, 1.82) is 0 Å². The third kappa shape index (κ3) is 2.94. The Kier molecular flexibility index (Phi) is 4.37. The van der Waals surface area contributed by atoms with Crippen LogP contribution in [0.15, 0.2) is 0 Å². The SMILES string of the molecule is Cc1nnc2sc(C(=O)N3CC4CN(C(=O)C(C)(C)C)CC4C3)c(N)c2c1C. The number of rotatable bonds is 1. The van der Waals surface area contributed by atoms with Crippen LogP contribution >= 0.6 is 11.3 Å². The van der Waals surface area contributed by atoms with E-state index >= 15 is 0 Å². The fourth-order valence-corrected chi connectivity index (χ4v) is 5.41. The molecule has 0 aromatic carbocycles. The third-order valence-electron chi connectivity index (χ3n) is 6.03. The molecule has 2 saturated heterocycles. The Labute approximate surface area is 168 Å². The molecule has 2 N–H and O–H groups in total. The van der Waals surface area contributed by atoms with Crippen LogP contribution in [0.2, 0.25) is 0 Å². The van der Waals surface area contributed by atoms with Gasteiger partial charge < -0.3 is 15.5 Å². The number of carbonyl (C=O) groups is 2. The fraction of sp³-hybridized carbons (Fsp3) is 0.600. The van der Waals surface area contributed by atoms with Crippen LogP contribution in [-0.4, -0.2) is 58.0 Å². The summed E-state index contributed by atoms with van der Waals surface area (Å²) in [4.78, 5) is 30.9. The van der Waals surface area contributed by atoms with Gasteiger partial charge in [0.25, 0.3) is 5.91 Å². The number of aryl methyl sites for hydroxylation is 2. The highest BCUT2D eigenvalue weighted by molar-refractivity contribution is 7.21. The van der Waals surface area contributed by atoms with Gasteiger partial charge >= 0.3 is 0 Å². The van der Waals surface area contributed by atoms with Gasteiger partial charge in [0.1, 0.15) is 9.71 Å². The first-order valence-electron chi connectivity index (χ1n) is 9.68. The zero-order chi connectivity index (χ0) is 20.4. The van der Waals surface area contributed by atoms with Crippen LogP contribution in [0, 0.1) is 31.1 Å². The van der Waals surface area contributed by atoms with Crippen LogP contribution < -0.4 is 5.73 Å². The van der Waals surface area contributed by atoms with E-state index in [2.05, 4.69) is 10.2 Å². The predicted molar refractivity (Wildman–Crippen MR) is 110 cm³/mol. The highest BCUT2D eigenvalue weighted by atomic mass is 32.1. The van der Waals surface area contributed by atoms with Crippen molar-refractivity contribution >= 4 is 39.1 Å². The monoisotopic (exact) mass is 401 g/mol. The molecule has 0 radical (unpaired) electrons. The second kappa shape index (κ2) is 6.40. The minimum absolute atomic E-state index is 0.0272. The molecule has 2 aliphatic heterocycles. The molecule has 150 valence electrons. The van der Waals surface area contributed by atoms with Crippen molar-refractivity contribution in [3.05, 3.63) is 16.1 Å². The van der Waals surface area contributed by atoms with Crippen LogP contribution in [0.1, 0.15) is 41.7 Å². The Morgan fingerprint density at radius 1 is 1.04 bits per heavy atom. The summed E-state index contributed by atoms with van der Waals surface area (Å²) in [6.07, 6.45) is 0. The lowest BCUT2D eigenvalue weighted by Gasteiger charge is -2.27. The first-order valence-corrected chi connectivity index (χ1v) is 10.5. The fourth-order valence-electron chi connectivity index (χ4n) is 4.34. The van der Waals surface area contributed by atoms with Crippen LogP contribution in [-0.2, 0) is 4.79 Å². The number of fused-ring (bicyclic) bond motifs is 2. The van der Waals surface area contributed by atoms with Crippen molar-refractivity contribution in [2.45, 2.75) is 34.6 Å². The van der Waals surface area contributed by atoms with Gasteiger partial charge in [-0.2, -0.15) is 5.10 Å². The molecule has 0 bridgehead atoms. The van der Waals surface area contributed by atoms with Crippen LogP contribution in [0.5, 0.6) is 0 Å². The van der Waals surface area contributed by atoms with E-state index < -0.39 is 0 Å². The summed E-state index contributed by atoms with van der Waals surface area (Å²) in [7, 11) is 0. The zero-order valence-corrected chi connectivity index (χ0v) is 17.9. The Hall–Kier alpha value is -2.22. The minimum Gasteiger partial charge on any atom is -0.397 e. The summed E-state index contributed by atoms with van der Waals surface area (Å²) in [5, 5.41) is 9.22. The maximum absolute atomic E-state index is 13.2. The molecular formula is C20H27N5O2S. The number of carbonyl (C=O) groups excluding carboxylic acids is 2. The van der Waals surface area contributed by atoms with Crippen LogP contribution in [0.25, 0.3) is 10.2 Å². The van der Waals surface area contributed by atoms with E-state index in [1.165, 1.54) is 11.3 Å². The van der Waals surface area contributed by atoms with Gasteiger partial charge in [-0.3, -0.25) is 9.59 Å². The molecule has 2 unspecified atom stereocenters. The highest BCUT2D eigenvalue weighted by Gasteiger charge is 2.45. The first-order chi connectivity index (χ1) is 13.1. The summed E-state index contributed by atoms with van der Waals surface area (Å²) < 4.78 is 0. The number of likely N-dealkylation sites (tertiary alicyclic amines) is 2. The molecule has 2 amide bonds. The van der Waals surface area contributed by atoms with Gasteiger partial charge in [0, 0.05) is 48.8 Å². The van der Waals surface area contributed by atoms with Crippen molar-refractivity contribution in [2.24, 2.45) is 17.3 Å². The second-order valence-corrected chi connectivity index (χ2v) is 10.1. The maximum atomic E-state index is 13.2. The lowest BCUT2D eigenvalue weighted by Crippen LogP contribution is -2.40. The van der Waals surface area contributed by atoms with E-state index in [1.54, 1.807) is 0 Å². The van der Waals surface area contributed by atoms with E-state index in [1.807, 2.05) is 44.4 Å². The predicted octanol–water partition coefficient (Wildman–Crippen LogP) is 2.47. The second-order valence-electron chi connectivity index (χ2n) is 9.13. The highest BCUT2D eigenvalue weighted by Crippen LogP contribution is 2.38. The number of aromatic nitrogens is 2. The number of hydrogen-bond acceptors (Lipinski definition) is 6. The molecule has 4 heterocycles. The third-order valence-corrected chi connectivity index (χ3v) is 7.11. The molecule has 0 spiro atoms. The van der Waals surface area contributed by atoms with E-state index in [9.17, 15) is 9.59 Å². The van der Waals surface area contributed by atoms with Crippen molar-refractivity contribution in [3.63, 3.8) is 0 Å². The van der Waals surface area contributed by atoms with Gasteiger partial charge in [-0.25, -0.2) is 0 Å². The summed E-state index contributed by atoms with van der Waals surface area (Å²) in [6.45, 7) is 12.5. The minimum atomic E-state index is -0.364. The number of thiophene rings is 1. The van der Waals surface area contributed by atoms with Gasteiger partial charge in [-0.1, -0.05) is 20.8 Å². The molecular weight excluding hydrogens is 374 g/mol. The average molecular weight is 402 g/mol.